The summed E-state index contributed by atoms with van der Waals surface area (Å²) in [5.41, 5.74) is 2.76. The SMILES string of the molecule is COc1cc2c(cc1OC)C(C)(C(C)CCCl)SCC2. The smallest absolute Gasteiger partial charge is 0.161 e. The summed E-state index contributed by atoms with van der Waals surface area (Å²) in [5, 5.41) is 0. The number of alkyl halides is 1. The van der Waals surface area contributed by atoms with Gasteiger partial charge in [0.2, 0.25) is 0 Å². The minimum Gasteiger partial charge on any atom is -0.493 e. The predicted molar refractivity (Wildman–Crippen MR) is 87.6 cm³/mol. The van der Waals surface area contributed by atoms with Gasteiger partial charge in [0.1, 0.15) is 0 Å². The van der Waals surface area contributed by atoms with Crippen LogP contribution in [0.25, 0.3) is 0 Å². The average Bonchev–Trinajstić information content (AvgIpc) is 2.46. The minimum absolute atomic E-state index is 0.0992. The Bertz CT molecular complexity index is 478. The van der Waals surface area contributed by atoms with Gasteiger partial charge in [-0.05, 0) is 54.7 Å². The van der Waals surface area contributed by atoms with Gasteiger partial charge in [-0.15, -0.1) is 11.6 Å². The molecule has 112 valence electrons. The first-order valence-electron chi connectivity index (χ1n) is 7.02. The molecule has 2 atom stereocenters. The van der Waals surface area contributed by atoms with Crippen molar-refractivity contribution in [1.82, 2.24) is 0 Å². The van der Waals surface area contributed by atoms with E-state index >= 15 is 0 Å². The molecule has 0 aromatic heterocycles. The largest absolute Gasteiger partial charge is 0.493 e. The lowest BCUT2D eigenvalue weighted by atomic mass is 9.82. The van der Waals surface area contributed by atoms with E-state index in [0.717, 1.165) is 30.1 Å². The number of hydrogen-bond acceptors (Lipinski definition) is 3. The third-order valence-corrected chi connectivity index (χ3v) is 6.25. The van der Waals surface area contributed by atoms with E-state index in [0.29, 0.717) is 11.8 Å². The molecule has 0 saturated heterocycles. The van der Waals surface area contributed by atoms with Crippen molar-refractivity contribution >= 4 is 23.4 Å². The van der Waals surface area contributed by atoms with Gasteiger partial charge in [0.05, 0.1) is 14.2 Å². The molecule has 0 spiro atoms. The van der Waals surface area contributed by atoms with E-state index < -0.39 is 0 Å². The summed E-state index contributed by atoms with van der Waals surface area (Å²) in [4.78, 5) is 0. The second-order valence-electron chi connectivity index (χ2n) is 5.45. The van der Waals surface area contributed by atoms with Gasteiger partial charge >= 0.3 is 0 Å². The van der Waals surface area contributed by atoms with Crippen LogP contribution in [-0.2, 0) is 11.2 Å². The van der Waals surface area contributed by atoms with Crippen LogP contribution < -0.4 is 9.47 Å². The molecule has 20 heavy (non-hydrogen) atoms. The van der Waals surface area contributed by atoms with Gasteiger partial charge in [-0.3, -0.25) is 0 Å². The van der Waals surface area contributed by atoms with E-state index in [4.69, 9.17) is 21.1 Å². The summed E-state index contributed by atoms with van der Waals surface area (Å²) < 4.78 is 11.0. The summed E-state index contributed by atoms with van der Waals surface area (Å²) in [7, 11) is 3.39. The van der Waals surface area contributed by atoms with Crippen molar-refractivity contribution in [1.29, 1.82) is 0 Å². The van der Waals surface area contributed by atoms with Gasteiger partial charge in [-0.2, -0.15) is 11.8 Å². The molecule has 0 aliphatic carbocycles. The van der Waals surface area contributed by atoms with Crippen molar-refractivity contribution in [2.24, 2.45) is 5.92 Å². The average molecular weight is 315 g/mol. The van der Waals surface area contributed by atoms with Crippen LogP contribution >= 0.6 is 23.4 Å². The molecule has 0 fully saturated rings. The Hall–Kier alpha value is -0.540. The summed E-state index contributed by atoms with van der Waals surface area (Å²) in [6.07, 6.45) is 2.11. The predicted octanol–water partition coefficient (Wildman–Crippen LogP) is 4.47. The molecule has 0 saturated carbocycles. The quantitative estimate of drug-likeness (QED) is 0.747. The molecule has 1 heterocycles. The van der Waals surface area contributed by atoms with Gasteiger partial charge in [-0.25, -0.2) is 0 Å². The van der Waals surface area contributed by atoms with Gasteiger partial charge in [-0.1, -0.05) is 6.92 Å². The summed E-state index contributed by atoms with van der Waals surface area (Å²) in [5.74, 6) is 4.02. The normalized spacial score (nSPS) is 23.1. The zero-order chi connectivity index (χ0) is 14.8. The minimum atomic E-state index is 0.0992. The second kappa shape index (κ2) is 6.48. The summed E-state index contributed by atoms with van der Waals surface area (Å²) in [6.45, 7) is 4.62. The van der Waals surface area contributed by atoms with Crippen LogP contribution in [0.2, 0.25) is 0 Å². The van der Waals surface area contributed by atoms with Crippen LogP contribution in [0.5, 0.6) is 11.5 Å². The highest BCUT2D eigenvalue weighted by molar-refractivity contribution is 8.00. The molecular weight excluding hydrogens is 292 g/mol. The molecule has 2 rings (SSSR count). The Morgan fingerprint density at radius 2 is 1.95 bits per heavy atom. The fourth-order valence-corrected chi connectivity index (χ4v) is 4.71. The Morgan fingerprint density at radius 3 is 2.55 bits per heavy atom. The molecule has 1 aromatic rings. The molecule has 0 bridgehead atoms. The van der Waals surface area contributed by atoms with Crippen LogP contribution in [0.4, 0.5) is 0 Å². The number of aryl methyl sites for hydroxylation is 1. The fraction of sp³-hybridized carbons (Fsp3) is 0.625. The number of methoxy groups -OCH3 is 2. The van der Waals surface area contributed by atoms with Crippen molar-refractivity contribution in [3.05, 3.63) is 23.3 Å². The number of ether oxygens (including phenoxy) is 2. The number of halogens is 1. The van der Waals surface area contributed by atoms with E-state index in [2.05, 4.69) is 26.0 Å². The maximum Gasteiger partial charge on any atom is 0.161 e. The molecular formula is C16H23ClO2S. The molecule has 0 N–H and O–H groups in total. The van der Waals surface area contributed by atoms with Gasteiger partial charge in [0.15, 0.2) is 11.5 Å². The Balaban J connectivity index is 2.49. The molecule has 4 heteroatoms. The zero-order valence-electron chi connectivity index (χ0n) is 12.7. The van der Waals surface area contributed by atoms with Crippen LogP contribution in [0, 0.1) is 5.92 Å². The molecule has 0 radical (unpaired) electrons. The monoisotopic (exact) mass is 314 g/mol. The Kier molecular flexibility index (Phi) is 5.14. The number of thioether (sulfide) groups is 1. The molecule has 2 nitrogen and oxygen atoms in total. The van der Waals surface area contributed by atoms with Crippen LogP contribution in [-0.4, -0.2) is 25.9 Å². The van der Waals surface area contributed by atoms with E-state index in [1.54, 1.807) is 14.2 Å². The van der Waals surface area contributed by atoms with Crippen molar-refractivity contribution < 1.29 is 9.47 Å². The second-order valence-corrected chi connectivity index (χ2v) is 7.37. The summed E-state index contributed by atoms with van der Waals surface area (Å²) >= 11 is 7.99. The highest BCUT2D eigenvalue weighted by Gasteiger charge is 2.38. The van der Waals surface area contributed by atoms with Crippen molar-refractivity contribution in [3.8, 4) is 11.5 Å². The van der Waals surface area contributed by atoms with E-state index in [9.17, 15) is 0 Å². The molecule has 0 amide bonds. The molecule has 2 unspecified atom stereocenters. The third kappa shape index (κ3) is 2.75. The van der Waals surface area contributed by atoms with Crippen LogP contribution in [0.3, 0.4) is 0 Å². The number of benzene rings is 1. The topological polar surface area (TPSA) is 18.5 Å². The zero-order valence-corrected chi connectivity index (χ0v) is 14.2. The molecule has 1 aliphatic rings. The van der Waals surface area contributed by atoms with E-state index in [1.807, 2.05) is 11.8 Å². The lowest BCUT2D eigenvalue weighted by Gasteiger charge is -2.40. The number of rotatable bonds is 5. The Labute approximate surface area is 131 Å². The summed E-state index contributed by atoms with van der Waals surface area (Å²) in [6, 6.07) is 4.30. The van der Waals surface area contributed by atoms with Gasteiger partial charge in [0.25, 0.3) is 0 Å². The first-order chi connectivity index (χ1) is 9.56. The maximum atomic E-state index is 5.96. The van der Waals surface area contributed by atoms with Gasteiger partial charge in [0, 0.05) is 10.6 Å². The first kappa shape index (κ1) is 15.8. The highest BCUT2D eigenvalue weighted by Crippen LogP contribution is 2.51. The van der Waals surface area contributed by atoms with E-state index in [1.165, 1.54) is 11.1 Å². The van der Waals surface area contributed by atoms with Crippen molar-refractivity contribution in [2.75, 3.05) is 25.9 Å². The van der Waals surface area contributed by atoms with Crippen molar-refractivity contribution in [3.63, 3.8) is 0 Å². The maximum absolute atomic E-state index is 5.96. The Morgan fingerprint density at radius 1 is 1.30 bits per heavy atom. The highest BCUT2D eigenvalue weighted by atomic mass is 35.5. The fourth-order valence-electron chi connectivity index (χ4n) is 2.89. The van der Waals surface area contributed by atoms with Crippen LogP contribution in [0.15, 0.2) is 12.1 Å². The number of fused-ring (bicyclic) bond motifs is 1. The molecule has 1 aromatic carbocycles. The third-order valence-electron chi connectivity index (χ3n) is 4.40. The number of hydrogen-bond donors (Lipinski definition) is 0. The standard InChI is InChI=1S/C16H23ClO2S/c1-11(5-7-17)16(2)13-10-15(19-4)14(18-3)9-12(13)6-8-20-16/h9-11H,5-8H2,1-4H3. The lowest BCUT2D eigenvalue weighted by molar-refractivity contribution is 0.351. The van der Waals surface area contributed by atoms with Gasteiger partial charge < -0.3 is 9.47 Å². The van der Waals surface area contributed by atoms with Crippen molar-refractivity contribution in [2.45, 2.75) is 31.4 Å². The lowest BCUT2D eigenvalue weighted by Crippen LogP contribution is -2.32. The van der Waals surface area contributed by atoms with E-state index in [-0.39, 0.29) is 4.75 Å². The molecule has 1 aliphatic heterocycles. The van der Waals surface area contributed by atoms with Crippen LogP contribution in [0.1, 0.15) is 31.4 Å². The first-order valence-corrected chi connectivity index (χ1v) is 8.54.